The van der Waals surface area contributed by atoms with Crippen molar-refractivity contribution in [3.8, 4) is 12.3 Å². The molecule has 18 heavy (non-hydrogen) atoms. The van der Waals surface area contributed by atoms with Crippen molar-refractivity contribution in [2.24, 2.45) is 0 Å². The van der Waals surface area contributed by atoms with E-state index in [9.17, 15) is 9.59 Å². The summed E-state index contributed by atoms with van der Waals surface area (Å²) in [6, 6.07) is 9.10. The van der Waals surface area contributed by atoms with Gasteiger partial charge in [0.15, 0.2) is 0 Å². The van der Waals surface area contributed by atoms with Gasteiger partial charge in [-0.2, -0.15) is 0 Å². The van der Waals surface area contributed by atoms with Crippen molar-refractivity contribution < 1.29 is 14.7 Å². The molecule has 1 N–H and O–H groups in total. The molecule has 1 aromatic rings. The second-order valence-electron chi connectivity index (χ2n) is 3.76. The first-order chi connectivity index (χ1) is 8.65. The second-order valence-corrected chi connectivity index (χ2v) is 3.76. The predicted octanol–water partition coefficient (Wildman–Crippen LogP) is 1.91. The monoisotopic (exact) mass is 245 g/mol. The molecule has 0 saturated heterocycles. The number of rotatable bonds is 6. The van der Waals surface area contributed by atoms with Gasteiger partial charge in [0.2, 0.25) is 5.91 Å². The number of benzene rings is 1. The quantitative estimate of drug-likeness (QED) is 0.779. The molecule has 0 atom stereocenters. The minimum absolute atomic E-state index is 0.0158. The van der Waals surface area contributed by atoms with Crippen LogP contribution in [0.4, 0.5) is 5.69 Å². The van der Waals surface area contributed by atoms with Crippen LogP contribution in [0.2, 0.25) is 0 Å². The Balaban J connectivity index is 2.73. The average molecular weight is 245 g/mol. The number of para-hydroxylation sites is 1. The van der Waals surface area contributed by atoms with Gasteiger partial charge in [0.05, 0.1) is 6.42 Å². The zero-order valence-corrected chi connectivity index (χ0v) is 10.0. The number of carboxylic acid groups (broad SMARTS) is 1. The van der Waals surface area contributed by atoms with Gasteiger partial charge in [-0.05, 0) is 18.6 Å². The van der Waals surface area contributed by atoms with Gasteiger partial charge in [-0.3, -0.25) is 9.59 Å². The van der Waals surface area contributed by atoms with Gasteiger partial charge in [0.25, 0.3) is 0 Å². The molecule has 0 aromatic heterocycles. The molecule has 4 heteroatoms. The molecule has 0 fully saturated rings. The van der Waals surface area contributed by atoms with Crippen LogP contribution >= 0.6 is 0 Å². The van der Waals surface area contributed by atoms with Crippen molar-refractivity contribution in [2.75, 3.05) is 11.4 Å². The third-order valence-corrected chi connectivity index (χ3v) is 2.39. The molecule has 0 bridgehead atoms. The Morgan fingerprint density at radius 3 is 2.50 bits per heavy atom. The molecule has 0 unspecified atom stereocenters. The third kappa shape index (κ3) is 4.30. The van der Waals surface area contributed by atoms with E-state index in [1.807, 2.05) is 18.2 Å². The van der Waals surface area contributed by atoms with Gasteiger partial charge in [-0.1, -0.05) is 24.1 Å². The van der Waals surface area contributed by atoms with Crippen LogP contribution in [0.15, 0.2) is 30.3 Å². The average Bonchev–Trinajstić information content (AvgIpc) is 2.35. The zero-order valence-electron chi connectivity index (χ0n) is 10.0. The molecule has 1 amide bonds. The first-order valence-electron chi connectivity index (χ1n) is 5.66. The number of anilines is 1. The summed E-state index contributed by atoms with van der Waals surface area (Å²) in [6.45, 7) is 0.358. The molecule has 0 aliphatic rings. The molecular formula is C14H15NO3. The lowest BCUT2D eigenvalue weighted by molar-refractivity contribution is -0.137. The van der Waals surface area contributed by atoms with Crippen LogP contribution in [0.5, 0.6) is 0 Å². The van der Waals surface area contributed by atoms with E-state index in [1.54, 1.807) is 12.1 Å². The molecule has 0 heterocycles. The maximum atomic E-state index is 11.9. The van der Waals surface area contributed by atoms with Crippen LogP contribution in [0, 0.1) is 12.3 Å². The molecule has 0 spiro atoms. The van der Waals surface area contributed by atoms with Crippen LogP contribution in [0.1, 0.15) is 19.3 Å². The highest BCUT2D eigenvalue weighted by Crippen LogP contribution is 2.15. The normalized spacial score (nSPS) is 9.50. The number of carbonyl (C=O) groups is 2. The molecule has 1 aromatic carbocycles. The van der Waals surface area contributed by atoms with E-state index in [1.165, 1.54) is 4.90 Å². The molecule has 0 radical (unpaired) electrons. The number of amides is 1. The lowest BCUT2D eigenvalue weighted by Gasteiger charge is -2.21. The van der Waals surface area contributed by atoms with E-state index in [0.29, 0.717) is 13.0 Å². The van der Waals surface area contributed by atoms with E-state index in [4.69, 9.17) is 11.5 Å². The first kappa shape index (κ1) is 13.8. The van der Waals surface area contributed by atoms with Crippen LogP contribution in [-0.2, 0) is 9.59 Å². The maximum Gasteiger partial charge on any atom is 0.303 e. The molecule has 4 nitrogen and oxygen atoms in total. The Morgan fingerprint density at radius 2 is 1.94 bits per heavy atom. The van der Waals surface area contributed by atoms with Gasteiger partial charge < -0.3 is 10.0 Å². The summed E-state index contributed by atoms with van der Waals surface area (Å²) in [5.74, 6) is 1.26. The highest BCUT2D eigenvalue weighted by molar-refractivity contribution is 5.94. The smallest absolute Gasteiger partial charge is 0.303 e. The van der Waals surface area contributed by atoms with Crippen molar-refractivity contribution >= 4 is 17.6 Å². The topological polar surface area (TPSA) is 57.6 Å². The van der Waals surface area contributed by atoms with Gasteiger partial charge in [0.1, 0.15) is 0 Å². The zero-order chi connectivity index (χ0) is 13.4. The number of carboxylic acids is 1. The molecule has 1 rings (SSSR count). The van der Waals surface area contributed by atoms with Crippen molar-refractivity contribution in [3.63, 3.8) is 0 Å². The van der Waals surface area contributed by atoms with Gasteiger partial charge in [0, 0.05) is 18.7 Å². The first-order valence-corrected chi connectivity index (χ1v) is 5.66. The fraction of sp³-hybridized carbons (Fsp3) is 0.286. The number of hydrogen-bond acceptors (Lipinski definition) is 2. The van der Waals surface area contributed by atoms with Gasteiger partial charge >= 0.3 is 5.97 Å². The fourth-order valence-electron chi connectivity index (χ4n) is 1.58. The highest BCUT2D eigenvalue weighted by atomic mass is 16.4. The van der Waals surface area contributed by atoms with E-state index < -0.39 is 5.97 Å². The van der Waals surface area contributed by atoms with Crippen molar-refractivity contribution in [1.29, 1.82) is 0 Å². The Kier molecular flexibility index (Phi) is 5.46. The van der Waals surface area contributed by atoms with Gasteiger partial charge in [-0.25, -0.2) is 0 Å². The molecule has 0 saturated carbocycles. The lowest BCUT2D eigenvalue weighted by Crippen LogP contribution is -2.31. The van der Waals surface area contributed by atoms with Crippen molar-refractivity contribution in [2.45, 2.75) is 19.3 Å². The summed E-state index contributed by atoms with van der Waals surface area (Å²) in [7, 11) is 0. The summed E-state index contributed by atoms with van der Waals surface area (Å²) in [5, 5.41) is 8.60. The fourth-order valence-corrected chi connectivity index (χ4v) is 1.58. The van der Waals surface area contributed by atoms with E-state index >= 15 is 0 Å². The molecule has 0 aliphatic heterocycles. The number of hydrogen-bond donors (Lipinski definition) is 1. The highest BCUT2D eigenvalue weighted by Gasteiger charge is 2.14. The van der Waals surface area contributed by atoms with Crippen LogP contribution in [-0.4, -0.2) is 23.5 Å². The van der Waals surface area contributed by atoms with Crippen molar-refractivity contribution in [1.82, 2.24) is 0 Å². The van der Waals surface area contributed by atoms with Crippen LogP contribution < -0.4 is 4.90 Å². The molecule has 0 aliphatic carbocycles. The maximum absolute atomic E-state index is 11.9. The van der Waals surface area contributed by atoms with Gasteiger partial charge in [-0.15, -0.1) is 6.42 Å². The Bertz CT molecular complexity index is 448. The Labute approximate surface area is 106 Å². The largest absolute Gasteiger partial charge is 0.481 e. The second kappa shape index (κ2) is 7.13. The Morgan fingerprint density at radius 1 is 1.28 bits per heavy atom. The number of aliphatic carboxylic acids is 1. The summed E-state index contributed by atoms with van der Waals surface area (Å²) in [4.78, 5) is 23.9. The molecular weight excluding hydrogens is 230 g/mol. The summed E-state index contributed by atoms with van der Waals surface area (Å²) in [5.41, 5.74) is 0.739. The summed E-state index contributed by atoms with van der Waals surface area (Å²) in [6.07, 6.45) is 5.58. The third-order valence-electron chi connectivity index (χ3n) is 2.39. The summed E-state index contributed by atoms with van der Waals surface area (Å²) < 4.78 is 0. The van der Waals surface area contributed by atoms with E-state index in [0.717, 1.165) is 5.69 Å². The number of nitrogens with zero attached hydrogens (tertiary/aromatic N) is 1. The van der Waals surface area contributed by atoms with E-state index in [-0.39, 0.29) is 18.7 Å². The lowest BCUT2D eigenvalue weighted by atomic mass is 10.2. The Hall–Kier alpha value is -2.28. The van der Waals surface area contributed by atoms with Crippen LogP contribution in [0.25, 0.3) is 0 Å². The van der Waals surface area contributed by atoms with Crippen LogP contribution in [0.3, 0.4) is 0 Å². The minimum Gasteiger partial charge on any atom is -0.481 e. The minimum atomic E-state index is -0.868. The summed E-state index contributed by atoms with van der Waals surface area (Å²) >= 11 is 0. The standard InChI is InChI=1S/C14H15NO3/c1-2-7-13(16)15(11-6-10-14(17)18)12-8-4-3-5-9-12/h1,3-5,8-9H,6-7,10-11H2,(H,17,18). The van der Waals surface area contributed by atoms with E-state index in [2.05, 4.69) is 5.92 Å². The van der Waals surface area contributed by atoms with Crippen molar-refractivity contribution in [3.05, 3.63) is 30.3 Å². The number of carbonyl (C=O) groups excluding carboxylic acids is 1. The molecule has 94 valence electrons. The number of terminal acetylenes is 1. The predicted molar refractivity (Wildman–Crippen MR) is 69.1 cm³/mol. The SMILES string of the molecule is C#CCC(=O)N(CCCC(=O)O)c1ccccc1.